The van der Waals surface area contributed by atoms with Gasteiger partial charge in [-0.25, -0.2) is 4.39 Å². The van der Waals surface area contributed by atoms with Gasteiger partial charge in [-0.2, -0.15) is 9.65 Å². The fraction of sp³-hybridized carbons (Fsp3) is 0.250. The highest BCUT2D eigenvalue weighted by Gasteiger charge is 2.32. The lowest BCUT2D eigenvalue weighted by molar-refractivity contribution is 0.0577. The monoisotopic (exact) mass is 384 g/mol. The fourth-order valence-corrected chi connectivity index (χ4v) is 2.94. The van der Waals surface area contributed by atoms with Crippen molar-refractivity contribution >= 4 is 17.9 Å². The van der Waals surface area contributed by atoms with Crippen LogP contribution in [0.2, 0.25) is 0 Å². The van der Waals surface area contributed by atoms with E-state index in [1.807, 2.05) is 0 Å². The highest BCUT2D eigenvalue weighted by molar-refractivity contribution is 5.97. The summed E-state index contributed by atoms with van der Waals surface area (Å²) in [6, 6.07) is 4.81. The average molecular weight is 384 g/mol. The minimum Gasteiger partial charge on any atom is -0.452 e. The molecule has 1 aliphatic heterocycles. The number of nitriles is 1. The van der Waals surface area contributed by atoms with Gasteiger partial charge in [0, 0.05) is 31.6 Å². The average Bonchev–Trinajstić information content (AvgIpc) is 3.02. The summed E-state index contributed by atoms with van der Waals surface area (Å²) in [4.78, 5) is 17.0. The van der Waals surface area contributed by atoms with E-state index >= 15 is 0 Å². The van der Waals surface area contributed by atoms with Crippen molar-refractivity contribution in [1.29, 1.82) is 10.7 Å². The molecule has 0 bridgehead atoms. The van der Waals surface area contributed by atoms with Crippen molar-refractivity contribution in [3.63, 3.8) is 0 Å². The smallest absolute Gasteiger partial charge is 0.255 e. The molecule has 1 aliphatic rings. The molecule has 2 heterocycles. The molecule has 0 unspecified atom stereocenters. The second-order valence-electron chi connectivity index (χ2n) is 6.55. The number of likely N-dealkylation sites (tertiary alicyclic amines) is 1. The van der Waals surface area contributed by atoms with E-state index in [0.717, 1.165) is 6.21 Å². The summed E-state index contributed by atoms with van der Waals surface area (Å²) in [5, 5.41) is 16.2. The standard InChI is InChI=1S/C20H18F2N4O2/c1-11-3-4-15(18(22)17(11)21)28-16(5-6-23)19-12(2)14(8-25-19)20(27)26-9-13(7-24)10-26/h3-6,8,13,23,25H,9-10H2,1-2H3/b16-5+,23-6?. The Bertz CT molecular complexity index is 1010. The van der Waals surface area contributed by atoms with Gasteiger partial charge in [-0.05, 0) is 31.0 Å². The molecule has 1 saturated heterocycles. The number of aryl methyl sites for hydroxylation is 1. The quantitative estimate of drug-likeness (QED) is 0.610. The van der Waals surface area contributed by atoms with E-state index in [9.17, 15) is 13.6 Å². The number of nitrogens with zero attached hydrogens (tertiary/aromatic N) is 2. The number of aromatic nitrogens is 1. The van der Waals surface area contributed by atoms with E-state index in [1.165, 1.54) is 31.3 Å². The van der Waals surface area contributed by atoms with Crippen LogP contribution in [-0.4, -0.2) is 35.1 Å². The van der Waals surface area contributed by atoms with Crippen LogP contribution < -0.4 is 4.74 Å². The summed E-state index contributed by atoms with van der Waals surface area (Å²) in [5.74, 6) is -2.76. The van der Waals surface area contributed by atoms with Crippen LogP contribution in [0.5, 0.6) is 5.75 Å². The SMILES string of the molecule is Cc1ccc(O/C(=C/C=N)c2[nH]cc(C(=O)N3CC(C#N)C3)c2C)c(F)c1F. The Morgan fingerprint density at radius 1 is 1.36 bits per heavy atom. The molecular formula is C20H18F2N4O2. The summed E-state index contributed by atoms with van der Waals surface area (Å²) in [7, 11) is 0. The molecule has 2 aromatic rings. The van der Waals surface area contributed by atoms with Crippen LogP contribution in [0.15, 0.2) is 24.4 Å². The van der Waals surface area contributed by atoms with Crippen LogP contribution in [0.3, 0.4) is 0 Å². The number of H-pyrrole nitrogens is 1. The van der Waals surface area contributed by atoms with Crippen molar-refractivity contribution in [2.24, 2.45) is 5.92 Å². The molecule has 6 nitrogen and oxygen atoms in total. The predicted molar refractivity (Wildman–Crippen MR) is 99.0 cm³/mol. The third-order valence-electron chi connectivity index (χ3n) is 4.66. The molecule has 0 spiro atoms. The van der Waals surface area contributed by atoms with Gasteiger partial charge in [-0.15, -0.1) is 0 Å². The molecule has 1 aromatic heterocycles. The maximum absolute atomic E-state index is 14.2. The van der Waals surface area contributed by atoms with Gasteiger partial charge in [0.2, 0.25) is 5.82 Å². The first kappa shape index (κ1) is 19.3. The Hall–Kier alpha value is -3.47. The number of hydrogen-bond acceptors (Lipinski definition) is 4. The molecular weight excluding hydrogens is 366 g/mol. The summed E-state index contributed by atoms with van der Waals surface area (Å²) < 4.78 is 33.5. The maximum atomic E-state index is 14.2. The van der Waals surface area contributed by atoms with Crippen molar-refractivity contribution in [1.82, 2.24) is 9.88 Å². The highest BCUT2D eigenvalue weighted by atomic mass is 19.2. The van der Waals surface area contributed by atoms with Gasteiger partial charge >= 0.3 is 0 Å². The molecule has 1 fully saturated rings. The molecule has 0 saturated carbocycles. The van der Waals surface area contributed by atoms with Crippen molar-refractivity contribution in [2.75, 3.05) is 13.1 Å². The summed E-state index contributed by atoms with van der Waals surface area (Å²) >= 11 is 0. The molecule has 8 heteroatoms. The third kappa shape index (κ3) is 3.39. The highest BCUT2D eigenvalue weighted by Crippen LogP contribution is 2.29. The second-order valence-corrected chi connectivity index (χ2v) is 6.55. The third-order valence-corrected chi connectivity index (χ3v) is 4.66. The largest absolute Gasteiger partial charge is 0.452 e. The molecule has 28 heavy (non-hydrogen) atoms. The number of aromatic amines is 1. The first-order valence-corrected chi connectivity index (χ1v) is 8.57. The maximum Gasteiger partial charge on any atom is 0.255 e. The summed E-state index contributed by atoms with van der Waals surface area (Å²) in [6.45, 7) is 3.88. The number of benzene rings is 1. The van der Waals surface area contributed by atoms with Crippen LogP contribution in [-0.2, 0) is 0 Å². The van der Waals surface area contributed by atoms with Crippen molar-refractivity contribution in [3.05, 3.63) is 58.4 Å². The molecule has 144 valence electrons. The Labute approximate surface area is 160 Å². The van der Waals surface area contributed by atoms with Gasteiger partial charge in [-0.1, -0.05) is 6.07 Å². The first-order chi connectivity index (χ1) is 13.4. The normalized spacial score (nSPS) is 14.4. The number of nitrogens with one attached hydrogen (secondary N) is 2. The van der Waals surface area contributed by atoms with Crippen LogP contribution in [0.1, 0.15) is 27.2 Å². The lowest BCUT2D eigenvalue weighted by Gasteiger charge is -2.35. The number of rotatable bonds is 5. The van der Waals surface area contributed by atoms with Crippen LogP contribution in [0, 0.1) is 48.1 Å². The molecule has 3 rings (SSSR count). The Morgan fingerprint density at radius 2 is 2.07 bits per heavy atom. The van der Waals surface area contributed by atoms with Gasteiger partial charge in [0.15, 0.2) is 17.3 Å². The number of carbonyl (C=O) groups is 1. The molecule has 1 amide bonds. The van der Waals surface area contributed by atoms with E-state index in [1.54, 1.807) is 11.8 Å². The van der Waals surface area contributed by atoms with E-state index in [4.69, 9.17) is 15.4 Å². The number of hydrogen-bond donors (Lipinski definition) is 2. The van der Waals surface area contributed by atoms with Crippen LogP contribution in [0.25, 0.3) is 5.76 Å². The van der Waals surface area contributed by atoms with Gasteiger partial charge in [0.1, 0.15) is 0 Å². The lowest BCUT2D eigenvalue weighted by atomic mass is 10.00. The second kappa shape index (κ2) is 7.64. The van der Waals surface area contributed by atoms with E-state index < -0.39 is 11.6 Å². The number of amides is 1. The zero-order valence-electron chi connectivity index (χ0n) is 15.3. The number of halogens is 2. The summed E-state index contributed by atoms with van der Waals surface area (Å²) in [5.41, 5.74) is 1.47. The Morgan fingerprint density at radius 3 is 2.71 bits per heavy atom. The van der Waals surface area contributed by atoms with Crippen molar-refractivity contribution in [3.8, 4) is 11.8 Å². The zero-order valence-corrected chi connectivity index (χ0v) is 15.3. The van der Waals surface area contributed by atoms with Crippen LogP contribution >= 0.6 is 0 Å². The zero-order chi connectivity index (χ0) is 20.4. The van der Waals surface area contributed by atoms with Gasteiger partial charge in [0.25, 0.3) is 5.91 Å². The minimum absolute atomic E-state index is 0.0761. The topological polar surface area (TPSA) is 93.0 Å². The number of allylic oxidation sites excluding steroid dienone is 1. The molecule has 1 aromatic carbocycles. The van der Waals surface area contributed by atoms with Crippen molar-refractivity contribution in [2.45, 2.75) is 13.8 Å². The lowest BCUT2D eigenvalue weighted by Crippen LogP contribution is -2.49. The molecule has 0 aliphatic carbocycles. The summed E-state index contributed by atoms with van der Waals surface area (Å²) in [6.07, 6.45) is 3.73. The molecule has 0 radical (unpaired) electrons. The van der Waals surface area contributed by atoms with Gasteiger partial charge < -0.3 is 20.0 Å². The first-order valence-electron chi connectivity index (χ1n) is 8.57. The number of carbonyl (C=O) groups excluding carboxylic acids is 1. The molecule has 2 N–H and O–H groups in total. The molecule has 0 atom stereocenters. The van der Waals surface area contributed by atoms with E-state index in [2.05, 4.69) is 11.1 Å². The van der Waals surface area contributed by atoms with Gasteiger partial charge in [-0.3, -0.25) is 4.79 Å². The Balaban J connectivity index is 1.88. The Kier molecular flexibility index (Phi) is 5.27. The predicted octanol–water partition coefficient (Wildman–Crippen LogP) is 3.57. The minimum atomic E-state index is -1.13. The van der Waals surface area contributed by atoms with E-state index in [-0.39, 0.29) is 28.9 Å². The fourth-order valence-electron chi connectivity index (χ4n) is 2.94. The van der Waals surface area contributed by atoms with Crippen molar-refractivity contribution < 1.29 is 18.3 Å². The van der Waals surface area contributed by atoms with Crippen LogP contribution in [0.4, 0.5) is 8.78 Å². The number of ether oxygens (including phenoxy) is 1. The van der Waals surface area contributed by atoms with Gasteiger partial charge in [0.05, 0.1) is 23.2 Å². The van der Waals surface area contributed by atoms with E-state index in [0.29, 0.717) is 29.9 Å².